The number of hydrogen-bond donors (Lipinski definition) is 0. The molecule has 0 N–H and O–H groups in total. The molecule has 0 atom stereocenters. The Hall–Kier alpha value is -1.60. The first-order chi connectivity index (χ1) is 8.88. The quantitative estimate of drug-likeness (QED) is 0.693. The van der Waals surface area contributed by atoms with Crippen molar-refractivity contribution in [2.75, 3.05) is 6.61 Å². The average Bonchev–Trinajstić information content (AvgIpc) is 2.45. The van der Waals surface area contributed by atoms with Gasteiger partial charge in [0.15, 0.2) is 0 Å². The molecule has 0 aromatic heterocycles. The molecular formula is C17H20O. The monoisotopic (exact) mass is 240 g/mol. The zero-order chi connectivity index (χ0) is 12.6. The minimum absolute atomic E-state index is 0.703. The highest BCUT2D eigenvalue weighted by Crippen LogP contribution is 2.07. The highest BCUT2D eigenvalue weighted by atomic mass is 16.5. The molecule has 0 bridgehead atoms. The van der Waals surface area contributed by atoms with Crippen molar-refractivity contribution in [3.05, 3.63) is 71.3 Å². The Morgan fingerprint density at radius 3 is 2.33 bits per heavy atom. The Morgan fingerprint density at radius 1 is 0.833 bits per heavy atom. The fourth-order valence-electron chi connectivity index (χ4n) is 1.96. The molecule has 1 nitrogen and oxygen atoms in total. The van der Waals surface area contributed by atoms with E-state index in [1.165, 1.54) is 16.7 Å². The highest BCUT2D eigenvalue weighted by Gasteiger charge is 1.96. The summed E-state index contributed by atoms with van der Waals surface area (Å²) >= 11 is 0. The molecule has 0 aliphatic heterocycles. The number of aryl methyl sites for hydroxylation is 1. The highest BCUT2D eigenvalue weighted by molar-refractivity contribution is 5.23. The van der Waals surface area contributed by atoms with Crippen LogP contribution in [0.4, 0.5) is 0 Å². The van der Waals surface area contributed by atoms with Gasteiger partial charge in [-0.1, -0.05) is 61.5 Å². The summed E-state index contributed by atoms with van der Waals surface area (Å²) in [6, 6.07) is 19.1. The maximum Gasteiger partial charge on any atom is 0.0717 e. The van der Waals surface area contributed by atoms with Crippen LogP contribution in [0.25, 0.3) is 0 Å². The van der Waals surface area contributed by atoms with Crippen molar-refractivity contribution in [3.8, 4) is 0 Å². The third-order valence-electron chi connectivity index (χ3n) is 3.05. The van der Waals surface area contributed by atoms with Gasteiger partial charge in [-0.05, 0) is 29.5 Å². The predicted octanol–water partition coefficient (Wildman–Crippen LogP) is 4.01. The van der Waals surface area contributed by atoms with E-state index < -0.39 is 0 Å². The Balaban J connectivity index is 1.75. The Labute approximate surface area is 109 Å². The van der Waals surface area contributed by atoms with Gasteiger partial charge in [0.25, 0.3) is 0 Å². The molecule has 0 spiro atoms. The van der Waals surface area contributed by atoms with E-state index in [0.717, 1.165) is 19.4 Å². The molecule has 2 rings (SSSR count). The van der Waals surface area contributed by atoms with Gasteiger partial charge >= 0.3 is 0 Å². The maximum atomic E-state index is 5.70. The summed E-state index contributed by atoms with van der Waals surface area (Å²) in [5.41, 5.74) is 4.00. The fraction of sp³-hybridized carbons (Fsp3) is 0.294. The van der Waals surface area contributed by atoms with E-state index in [2.05, 4.69) is 43.3 Å². The normalized spacial score (nSPS) is 10.5. The summed E-state index contributed by atoms with van der Waals surface area (Å²) in [4.78, 5) is 0. The van der Waals surface area contributed by atoms with Gasteiger partial charge in [-0.3, -0.25) is 0 Å². The predicted molar refractivity (Wildman–Crippen MR) is 75.6 cm³/mol. The molecular weight excluding hydrogens is 220 g/mol. The van der Waals surface area contributed by atoms with Gasteiger partial charge in [-0.2, -0.15) is 0 Å². The van der Waals surface area contributed by atoms with Crippen LogP contribution in [0, 0.1) is 0 Å². The van der Waals surface area contributed by atoms with Crippen LogP contribution in [0.2, 0.25) is 0 Å². The van der Waals surface area contributed by atoms with Crippen molar-refractivity contribution in [2.45, 2.75) is 26.4 Å². The van der Waals surface area contributed by atoms with Crippen LogP contribution < -0.4 is 0 Å². The average molecular weight is 240 g/mol. The van der Waals surface area contributed by atoms with Crippen molar-refractivity contribution < 1.29 is 4.74 Å². The standard InChI is InChI=1S/C17H20O/c1-2-15-9-6-10-16(13-15)11-12-18-14-17-7-4-3-5-8-17/h3-10,13H,2,11-12,14H2,1H3. The number of ether oxygens (including phenoxy) is 1. The topological polar surface area (TPSA) is 9.23 Å². The summed E-state index contributed by atoms with van der Waals surface area (Å²) < 4.78 is 5.70. The second-order valence-electron chi connectivity index (χ2n) is 4.46. The molecule has 2 aromatic carbocycles. The van der Waals surface area contributed by atoms with E-state index in [9.17, 15) is 0 Å². The fourth-order valence-corrected chi connectivity index (χ4v) is 1.96. The molecule has 94 valence electrons. The molecule has 0 aliphatic carbocycles. The second-order valence-corrected chi connectivity index (χ2v) is 4.46. The van der Waals surface area contributed by atoms with Gasteiger partial charge in [0.2, 0.25) is 0 Å². The molecule has 0 saturated carbocycles. The van der Waals surface area contributed by atoms with Gasteiger partial charge in [0.05, 0.1) is 13.2 Å². The van der Waals surface area contributed by atoms with Crippen LogP contribution in [-0.2, 0) is 24.2 Å². The Kier molecular flexibility index (Phi) is 4.98. The second kappa shape index (κ2) is 6.97. The van der Waals surface area contributed by atoms with E-state index in [-0.39, 0.29) is 0 Å². The van der Waals surface area contributed by atoms with Crippen LogP contribution in [0.5, 0.6) is 0 Å². The first-order valence-electron chi connectivity index (χ1n) is 6.58. The van der Waals surface area contributed by atoms with Crippen LogP contribution in [-0.4, -0.2) is 6.61 Å². The Bertz CT molecular complexity index is 462. The molecule has 0 aliphatic rings. The zero-order valence-corrected chi connectivity index (χ0v) is 10.9. The van der Waals surface area contributed by atoms with Gasteiger partial charge in [-0.25, -0.2) is 0 Å². The van der Waals surface area contributed by atoms with Crippen molar-refractivity contribution in [3.63, 3.8) is 0 Å². The van der Waals surface area contributed by atoms with Gasteiger partial charge in [0.1, 0.15) is 0 Å². The van der Waals surface area contributed by atoms with E-state index in [0.29, 0.717) is 6.61 Å². The van der Waals surface area contributed by atoms with Gasteiger partial charge in [-0.15, -0.1) is 0 Å². The molecule has 0 heterocycles. The van der Waals surface area contributed by atoms with Crippen LogP contribution in [0.3, 0.4) is 0 Å². The third kappa shape index (κ3) is 4.01. The Morgan fingerprint density at radius 2 is 1.56 bits per heavy atom. The van der Waals surface area contributed by atoms with Crippen molar-refractivity contribution >= 4 is 0 Å². The van der Waals surface area contributed by atoms with Crippen molar-refractivity contribution in [1.82, 2.24) is 0 Å². The molecule has 1 heteroatoms. The molecule has 0 radical (unpaired) electrons. The first-order valence-corrected chi connectivity index (χ1v) is 6.58. The van der Waals surface area contributed by atoms with Crippen LogP contribution in [0.1, 0.15) is 23.6 Å². The summed E-state index contributed by atoms with van der Waals surface area (Å²) in [5.74, 6) is 0. The van der Waals surface area contributed by atoms with E-state index >= 15 is 0 Å². The zero-order valence-electron chi connectivity index (χ0n) is 10.9. The lowest BCUT2D eigenvalue weighted by atomic mass is 10.1. The largest absolute Gasteiger partial charge is 0.376 e. The number of benzene rings is 2. The van der Waals surface area contributed by atoms with Crippen molar-refractivity contribution in [1.29, 1.82) is 0 Å². The smallest absolute Gasteiger partial charge is 0.0717 e. The minimum atomic E-state index is 0.703. The lowest BCUT2D eigenvalue weighted by Gasteiger charge is -2.06. The summed E-state index contributed by atoms with van der Waals surface area (Å²) in [6.07, 6.45) is 2.08. The lowest BCUT2D eigenvalue weighted by Crippen LogP contribution is -1.99. The van der Waals surface area contributed by atoms with Crippen LogP contribution in [0.15, 0.2) is 54.6 Å². The maximum absolute atomic E-state index is 5.70. The first kappa shape index (κ1) is 12.8. The molecule has 2 aromatic rings. The van der Waals surface area contributed by atoms with Crippen LogP contribution >= 0.6 is 0 Å². The molecule has 0 saturated heterocycles. The number of rotatable bonds is 6. The summed E-state index contributed by atoms with van der Waals surface area (Å²) in [6.45, 7) is 3.67. The van der Waals surface area contributed by atoms with E-state index in [1.807, 2.05) is 18.2 Å². The summed E-state index contributed by atoms with van der Waals surface area (Å²) in [5, 5.41) is 0. The summed E-state index contributed by atoms with van der Waals surface area (Å²) in [7, 11) is 0. The lowest BCUT2D eigenvalue weighted by molar-refractivity contribution is 0.124. The third-order valence-corrected chi connectivity index (χ3v) is 3.05. The van der Waals surface area contributed by atoms with Crippen molar-refractivity contribution in [2.24, 2.45) is 0 Å². The molecule has 18 heavy (non-hydrogen) atoms. The molecule has 0 unspecified atom stereocenters. The SMILES string of the molecule is CCc1cccc(CCOCc2ccccc2)c1. The minimum Gasteiger partial charge on any atom is -0.376 e. The van der Waals surface area contributed by atoms with E-state index in [4.69, 9.17) is 4.74 Å². The van der Waals surface area contributed by atoms with Gasteiger partial charge in [0, 0.05) is 0 Å². The number of hydrogen-bond acceptors (Lipinski definition) is 1. The van der Waals surface area contributed by atoms with E-state index in [1.54, 1.807) is 0 Å². The molecule has 0 amide bonds. The molecule has 0 fully saturated rings. The van der Waals surface area contributed by atoms with Gasteiger partial charge < -0.3 is 4.74 Å².